The highest BCUT2D eigenvalue weighted by molar-refractivity contribution is 7.99. The molecule has 2 nitrogen and oxygen atoms in total. The maximum absolute atomic E-state index is 5.81. The minimum Gasteiger partial charge on any atom is -0.316 e. The summed E-state index contributed by atoms with van der Waals surface area (Å²) in [4.78, 5) is 1.29. The van der Waals surface area contributed by atoms with Gasteiger partial charge in [-0.1, -0.05) is 91.0 Å². The maximum atomic E-state index is 5.81. The number of para-hydroxylation sites is 1. The van der Waals surface area contributed by atoms with Crippen LogP contribution in [0.4, 0.5) is 0 Å². The summed E-state index contributed by atoms with van der Waals surface area (Å²) in [5.41, 5.74) is 12.4. The van der Waals surface area contributed by atoms with Crippen molar-refractivity contribution in [1.82, 2.24) is 9.13 Å². The first-order chi connectivity index (χ1) is 23.1. The predicted molar refractivity (Wildman–Crippen MR) is 205 cm³/mol. The number of hydrogen-bond donors (Lipinski definition) is 0. The standard InChI is InChI=1S/C44H38N2S/c1-5-8-18-35-22-16-26-39(44(35)47-30-32(7-3)33-19-11-9-12-20-33)46-38-25-15-21-34(17-6-2)42(38)41-31(4)43-36(29-40(41)46)27-28-45(43)37-23-13-10-14-24-37/h1,6-7,9-17,19-29H,8,18,30H2,2-4H3/b17-6-,32-7+. The number of hydrogen-bond acceptors (Lipinski definition) is 1. The van der Waals surface area contributed by atoms with E-state index in [-0.39, 0.29) is 0 Å². The normalized spacial score (nSPS) is 12.1. The van der Waals surface area contributed by atoms with E-state index in [1.807, 2.05) is 11.8 Å². The number of aryl methyl sites for hydroxylation is 2. The third-order valence-electron chi connectivity index (χ3n) is 9.10. The molecule has 7 rings (SSSR count). The highest BCUT2D eigenvalue weighted by Gasteiger charge is 2.22. The maximum Gasteiger partial charge on any atom is 0.0600 e. The van der Waals surface area contributed by atoms with E-state index in [0.717, 1.165) is 12.2 Å². The first-order valence-corrected chi connectivity index (χ1v) is 17.3. The van der Waals surface area contributed by atoms with Crippen LogP contribution >= 0.6 is 11.8 Å². The molecule has 0 fully saturated rings. The zero-order valence-corrected chi connectivity index (χ0v) is 28.0. The van der Waals surface area contributed by atoms with Crippen LogP contribution in [0.5, 0.6) is 0 Å². The third-order valence-corrected chi connectivity index (χ3v) is 10.3. The van der Waals surface area contributed by atoms with Crippen LogP contribution in [0.2, 0.25) is 0 Å². The van der Waals surface area contributed by atoms with Gasteiger partial charge in [-0.05, 0) is 91.4 Å². The number of allylic oxidation sites excluding steroid dienone is 2. The molecular weight excluding hydrogens is 589 g/mol. The van der Waals surface area contributed by atoms with Gasteiger partial charge in [0.25, 0.3) is 0 Å². The summed E-state index contributed by atoms with van der Waals surface area (Å²) in [5.74, 6) is 3.75. The number of benzene rings is 5. The smallest absolute Gasteiger partial charge is 0.0600 e. The zero-order valence-electron chi connectivity index (χ0n) is 27.2. The number of nitrogens with zero attached hydrogens (tertiary/aromatic N) is 2. The molecule has 0 saturated carbocycles. The summed E-state index contributed by atoms with van der Waals surface area (Å²) in [6.45, 7) is 6.52. The van der Waals surface area contributed by atoms with Gasteiger partial charge < -0.3 is 9.13 Å². The Labute approximate surface area is 282 Å². The van der Waals surface area contributed by atoms with Crippen LogP contribution in [0, 0.1) is 19.3 Å². The number of thioether (sulfide) groups is 1. The molecule has 3 heteroatoms. The number of terminal acetylenes is 1. The minimum atomic E-state index is 0.706. The molecule has 0 unspecified atom stereocenters. The van der Waals surface area contributed by atoms with Gasteiger partial charge in [-0.3, -0.25) is 0 Å². The van der Waals surface area contributed by atoms with Crippen LogP contribution in [0.3, 0.4) is 0 Å². The number of fused-ring (bicyclic) bond motifs is 4. The fourth-order valence-electron chi connectivity index (χ4n) is 6.96. The molecule has 0 amide bonds. The van der Waals surface area contributed by atoms with E-state index < -0.39 is 0 Å². The van der Waals surface area contributed by atoms with Gasteiger partial charge in [-0.15, -0.1) is 24.1 Å². The van der Waals surface area contributed by atoms with Crippen LogP contribution in [-0.4, -0.2) is 14.9 Å². The number of rotatable bonds is 9. The fourth-order valence-corrected chi connectivity index (χ4v) is 8.26. The summed E-state index contributed by atoms with van der Waals surface area (Å²) in [5, 5.41) is 3.80. The highest BCUT2D eigenvalue weighted by Crippen LogP contribution is 2.43. The Morgan fingerprint density at radius 1 is 0.830 bits per heavy atom. The molecule has 7 aromatic rings. The van der Waals surface area contributed by atoms with Gasteiger partial charge >= 0.3 is 0 Å². The molecule has 0 saturated heterocycles. The molecule has 0 aliphatic carbocycles. The lowest BCUT2D eigenvalue weighted by Gasteiger charge is -2.18. The molecule has 47 heavy (non-hydrogen) atoms. The van der Waals surface area contributed by atoms with Crippen LogP contribution in [0.1, 0.15) is 42.5 Å². The Bertz CT molecular complexity index is 2330. The average Bonchev–Trinajstić information content (AvgIpc) is 3.69. The lowest BCUT2D eigenvalue weighted by molar-refractivity contribution is 0.974. The molecule has 230 valence electrons. The fraction of sp³-hybridized carbons (Fsp3) is 0.136. The SMILES string of the molecule is C#CCCc1cccc(-n2c3cccc(/C=C\C)c3c3c(C)c4c(ccn4-c4ccccc4)cc32)c1SC/C(=C\C)c1ccccc1. The van der Waals surface area contributed by atoms with Gasteiger partial charge in [0, 0.05) is 45.1 Å². The Morgan fingerprint density at radius 3 is 2.34 bits per heavy atom. The molecule has 2 aromatic heterocycles. The van der Waals surface area contributed by atoms with Crippen LogP contribution in [0.25, 0.3) is 55.7 Å². The number of aromatic nitrogens is 2. The van der Waals surface area contributed by atoms with Crippen molar-refractivity contribution in [1.29, 1.82) is 0 Å². The predicted octanol–water partition coefficient (Wildman–Crippen LogP) is 11.8. The third kappa shape index (κ3) is 5.50. The molecule has 5 aromatic carbocycles. The van der Waals surface area contributed by atoms with Crippen LogP contribution < -0.4 is 0 Å². The van der Waals surface area contributed by atoms with Crippen molar-refractivity contribution in [2.45, 2.75) is 38.5 Å². The van der Waals surface area contributed by atoms with Gasteiger partial charge in [-0.25, -0.2) is 0 Å². The second-order valence-corrected chi connectivity index (χ2v) is 12.9. The lowest BCUT2D eigenvalue weighted by Crippen LogP contribution is -2.01. The second-order valence-electron chi connectivity index (χ2n) is 11.9. The molecule has 0 bridgehead atoms. The van der Waals surface area contributed by atoms with Crippen molar-refractivity contribution >= 4 is 56.1 Å². The van der Waals surface area contributed by atoms with E-state index in [0.29, 0.717) is 6.42 Å². The summed E-state index contributed by atoms with van der Waals surface area (Å²) >= 11 is 1.91. The lowest BCUT2D eigenvalue weighted by atomic mass is 10.0. The van der Waals surface area contributed by atoms with Crippen molar-refractivity contribution in [2.24, 2.45) is 0 Å². The summed E-state index contributed by atoms with van der Waals surface area (Å²) in [7, 11) is 0. The molecule has 0 atom stereocenters. The van der Waals surface area contributed by atoms with Crippen molar-refractivity contribution < 1.29 is 0 Å². The summed E-state index contributed by atoms with van der Waals surface area (Å²) in [6, 6.07) is 39.4. The van der Waals surface area contributed by atoms with E-state index in [4.69, 9.17) is 6.42 Å². The Kier molecular flexibility index (Phi) is 8.62. The highest BCUT2D eigenvalue weighted by atomic mass is 32.2. The van der Waals surface area contributed by atoms with Crippen molar-refractivity contribution in [3.8, 4) is 23.7 Å². The summed E-state index contributed by atoms with van der Waals surface area (Å²) < 4.78 is 4.83. The van der Waals surface area contributed by atoms with E-state index in [2.05, 4.69) is 169 Å². The largest absolute Gasteiger partial charge is 0.316 e. The van der Waals surface area contributed by atoms with Gasteiger partial charge in [-0.2, -0.15) is 0 Å². The monoisotopic (exact) mass is 626 g/mol. The van der Waals surface area contributed by atoms with Crippen molar-refractivity contribution in [3.05, 3.63) is 150 Å². The van der Waals surface area contributed by atoms with E-state index in [1.165, 1.54) is 76.8 Å². The Hall–Kier alpha value is -5.17. The van der Waals surface area contributed by atoms with Gasteiger partial charge in [0.2, 0.25) is 0 Å². The van der Waals surface area contributed by atoms with Crippen LogP contribution in [-0.2, 0) is 6.42 Å². The molecule has 0 aliphatic heterocycles. The molecule has 0 radical (unpaired) electrons. The zero-order chi connectivity index (χ0) is 32.3. The van der Waals surface area contributed by atoms with Gasteiger partial charge in [0.05, 0.1) is 22.2 Å². The average molecular weight is 627 g/mol. The second kappa shape index (κ2) is 13.3. The minimum absolute atomic E-state index is 0.706. The molecule has 2 heterocycles. The Balaban J connectivity index is 1.51. The first-order valence-electron chi connectivity index (χ1n) is 16.3. The first kappa shape index (κ1) is 30.5. The van der Waals surface area contributed by atoms with E-state index in [9.17, 15) is 0 Å². The van der Waals surface area contributed by atoms with E-state index in [1.54, 1.807) is 0 Å². The van der Waals surface area contributed by atoms with Crippen molar-refractivity contribution in [2.75, 3.05) is 5.75 Å². The molecule has 0 N–H and O–H groups in total. The topological polar surface area (TPSA) is 9.86 Å². The summed E-state index contributed by atoms with van der Waals surface area (Å²) in [6.07, 6.45) is 16.2. The van der Waals surface area contributed by atoms with Gasteiger partial charge in [0.15, 0.2) is 0 Å². The van der Waals surface area contributed by atoms with E-state index >= 15 is 0 Å². The molecular formula is C44H38N2S. The quantitative estimate of drug-likeness (QED) is 0.114. The molecule has 0 spiro atoms. The van der Waals surface area contributed by atoms with Crippen molar-refractivity contribution in [3.63, 3.8) is 0 Å². The molecule has 0 aliphatic rings. The van der Waals surface area contributed by atoms with Gasteiger partial charge in [0.1, 0.15) is 0 Å². The van der Waals surface area contributed by atoms with Crippen LogP contribution in [0.15, 0.2) is 132 Å². The Morgan fingerprint density at radius 2 is 1.60 bits per heavy atom.